The number of allylic oxidation sites excluding steroid dienone is 1. The molecule has 0 saturated heterocycles. The van der Waals surface area contributed by atoms with Crippen molar-refractivity contribution >= 4 is 36.3 Å². The summed E-state index contributed by atoms with van der Waals surface area (Å²) in [5.41, 5.74) is 1.78. The van der Waals surface area contributed by atoms with Crippen molar-refractivity contribution in [3.05, 3.63) is 122 Å². The lowest BCUT2D eigenvalue weighted by Gasteiger charge is -2.13. The van der Waals surface area contributed by atoms with E-state index in [0.29, 0.717) is 17.6 Å². The predicted molar refractivity (Wildman–Crippen MR) is 163 cm³/mol. The Labute approximate surface area is 252 Å². The van der Waals surface area contributed by atoms with E-state index in [2.05, 4.69) is 26.3 Å². The fourth-order valence-corrected chi connectivity index (χ4v) is 3.44. The molecule has 0 heterocycles. The third-order valence-corrected chi connectivity index (χ3v) is 5.48. The van der Waals surface area contributed by atoms with Crippen molar-refractivity contribution < 1.29 is 46.9 Å². The number of halogens is 2. The molecule has 0 amide bonds. The topological polar surface area (TPSA) is 105 Å². The van der Waals surface area contributed by atoms with Crippen LogP contribution in [0.4, 0.5) is 8.78 Å². The molecule has 0 aliphatic heterocycles. The fourth-order valence-electron chi connectivity index (χ4n) is 3.44. The highest BCUT2D eigenvalue weighted by molar-refractivity contribution is 5.87. The summed E-state index contributed by atoms with van der Waals surface area (Å²) in [5, 5.41) is 0. The average molecular weight is 603 g/mol. The van der Waals surface area contributed by atoms with Crippen LogP contribution in [0.1, 0.15) is 23.1 Å². The van der Waals surface area contributed by atoms with Gasteiger partial charge in [0.1, 0.15) is 6.29 Å². The minimum absolute atomic E-state index is 0.0353. The molecule has 3 rings (SSSR count). The van der Waals surface area contributed by atoms with Crippen molar-refractivity contribution in [3.8, 4) is 34.1 Å². The van der Waals surface area contributed by atoms with Gasteiger partial charge in [-0.1, -0.05) is 68.8 Å². The second-order valence-corrected chi connectivity index (χ2v) is 8.30. The Kier molecular flexibility index (Phi) is 13.4. The first-order chi connectivity index (χ1) is 21.1. The highest BCUT2D eigenvalue weighted by atomic mass is 19.3. The smallest absolute Gasteiger partial charge is 0.335 e. The first-order valence-electron chi connectivity index (χ1n) is 12.6. The highest BCUT2D eigenvalue weighted by Gasteiger charge is 2.20. The van der Waals surface area contributed by atoms with Crippen molar-refractivity contribution in [1.82, 2.24) is 0 Å². The molecule has 8 nitrogen and oxygen atoms in total. The monoisotopic (exact) mass is 602 g/mol. The van der Waals surface area contributed by atoms with Gasteiger partial charge in [0, 0.05) is 23.8 Å². The van der Waals surface area contributed by atoms with Crippen LogP contribution in [0.15, 0.2) is 105 Å². The maximum absolute atomic E-state index is 13.9. The maximum Gasteiger partial charge on any atom is 0.335 e. The molecular weight excluding hydrogens is 574 g/mol. The summed E-state index contributed by atoms with van der Waals surface area (Å²) in [7, 11) is 1.45. The molecule has 0 spiro atoms. The molecule has 226 valence electrons. The zero-order valence-electron chi connectivity index (χ0n) is 23.7. The second kappa shape index (κ2) is 17.1. The van der Waals surface area contributed by atoms with Gasteiger partial charge in [0.25, 0.3) is 6.43 Å². The Morgan fingerprint density at radius 2 is 1.16 bits per heavy atom. The number of alkyl halides is 2. The summed E-state index contributed by atoms with van der Waals surface area (Å²) in [6.45, 7) is 13.1. The molecule has 0 N–H and O–H groups in total. The molecule has 0 aromatic heterocycles. The van der Waals surface area contributed by atoms with Crippen LogP contribution in [-0.2, 0) is 19.2 Å². The van der Waals surface area contributed by atoms with E-state index in [0.717, 1.165) is 35.4 Å². The number of carbonyl (C=O) groups is 4. The van der Waals surface area contributed by atoms with Crippen LogP contribution in [0.5, 0.6) is 23.0 Å². The van der Waals surface area contributed by atoms with Gasteiger partial charge in [-0.15, -0.1) is 0 Å². The molecule has 0 aliphatic rings. The SMILES string of the molecule is C=CC(=O)Oc1cc(-c2ccc(/C=C/c3cc(OC(=O)C=C)c(OC(=O)C=C)cc3C(F)F)cc2)ccc1OC.C=CC=O. The summed E-state index contributed by atoms with van der Waals surface area (Å²) < 4.78 is 48.3. The number of aldehydes is 1. The number of rotatable bonds is 12. The zero-order valence-corrected chi connectivity index (χ0v) is 23.7. The molecule has 3 aromatic rings. The average Bonchev–Trinajstić information content (AvgIpc) is 3.04. The van der Waals surface area contributed by atoms with Gasteiger partial charge in [-0.2, -0.15) is 0 Å². The van der Waals surface area contributed by atoms with E-state index < -0.39 is 29.9 Å². The third-order valence-electron chi connectivity index (χ3n) is 5.48. The van der Waals surface area contributed by atoms with E-state index in [1.54, 1.807) is 48.5 Å². The van der Waals surface area contributed by atoms with Gasteiger partial charge in [0.2, 0.25) is 0 Å². The minimum atomic E-state index is -2.92. The molecule has 0 saturated carbocycles. The molecule has 44 heavy (non-hydrogen) atoms. The lowest BCUT2D eigenvalue weighted by molar-refractivity contribution is -0.131. The van der Waals surface area contributed by atoms with Gasteiger partial charge in [0.15, 0.2) is 23.0 Å². The van der Waals surface area contributed by atoms with E-state index in [9.17, 15) is 23.2 Å². The molecule has 0 radical (unpaired) electrons. The first-order valence-corrected chi connectivity index (χ1v) is 12.6. The van der Waals surface area contributed by atoms with Gasteiger partial charge in [-0.3, -0.25) is 4.79 Å². The standard InChI is InChI=1S/C31H24F2O7.C3H4O/c1-5-28(34)38-25-16-21(14-15-24(25)37-4)20-11-8-19(9-12-20)10-13-22-17-26(39-29(35)6-2)27(40-30(36)7-3)18-23(22)31(32)33;1-2-3-4/h5-18,31H,1-3H2,4H3;2-3H,1H2/b13-10+;. The lowest BCUT2D eigenvalue weighted by Crippen LogP contribution is -2.09. The van der Waals surface area contributed by atoms with Gasteiger partial charge in [-0.05, 0) is 52.6 Å². The van der Waals surface area contributed by atoms with E-state index in [1.165, 1.54) is 25.3 Å². The fraction of sp³-hybridized carbons (Fsp3) is 0.0588. The second-order valence-electron chi connectivity index (χ2n) is 8.30. The molecule has 0 unspecified atom stereocenters. The van der Waals surface area contributed by atoms with Crippen LogP contribution in [0, 0.1) is 0 Å². The normalized spacial score (nSPS) is 10.1. The number of esters is 3. The summed E-state index contributed by atoms with van der Waals surface area (Å²) in [6.07, 6.45) is 4.68. The number of carbonyl (C=O) groups excluding carboxylic acids is 4. The molecule has 0 atom stereocenters. The van der Waals surface area contributed by atoms with Gasteiger partial charge in [-0.25, -0.2) is 23.2 Å². The third kappa shape index (κ3) is 9.88. The van der Waals surface area contributed by atoms with Crippen molar-refractivity contribution in [1.29, 1.82) is 0 Å². The van der Waals surface area contributed by atoms with Crippen molar-refractivity contribution in [2.24, 2.45) is 0 Å². The van der Waals surface area contributed by atoms with Crippen molar-refractivity contribution in [2.45, 2.75) is 6.43 Å². The van der Waals surface area contributed by atoms with Crippen LogP contribution in [-0.4, -0.2) is 31.3 Å². The van der Waals surface area contributed by atoms with Crippen LogP contribution >= 0.6 is 0 Å². The molecular formula is C34H28F2O8. The maximum atomic E-state index is 13.9. The van der Waals surface area contributed by atoms with Crippen molar-refractivity contribution in [3.63, 3.8) is 0 Å². The van der Waals surface area contributed by atoms with E-state index in [-0.39, 0.29) is 22.8 Å². The number of ether oxygens (including phenoxy) is 4. The predicted octanol–water partition coefficient (Wildman–Crippen LogP) is 7.12. The van der Waals surface area contributed by atoms with E-state index >= 15 is 0 Å². The summed E-state index contributed by atoms with van der Waals surface area (Å²) in [6, 6.07) is 14.3. The molecule has 0 bridgehead atoms. The van der Waals surface area contributed by atoms with Gasteiger partial charge >= 0.3 is 17.9 Å². The summed E-state index contributed by atoms with van der Waals surface area (Å²) in [5.74, 6) is -2.43. The molecule has 10 heteroatoms. The Hall–Kier alpha value is -5.90. The first kappa shape index (κ1) is 34.3. The van der Waals surface area contributed by atoms with Crippen LogP contribution in [0.2, 0.25) is 0 Å². The molecule has 3 aromatic carbocycles. The van der Waals surface area contributed by atoms with Crippen LogP contribution in [0.3, 0.4) is 0 Å². The van der Waals surface area contributed by atoms with E-state index in [1.807, 2.05) is 0 Å². The molecule has 0 fully saturated rings. The zero-order chi connectivity index (χ0) is 32.6. The van der Waals surface area contributed by atoms with Crippen LogP contribution < -0.4 is 18.9 Å². The Balaban J connectivity index is 0.00000159. The number of hydrogen-bond donors (Lipinski definition) is 0. The summed E-state index contributed by atoms with van der Waals surface area (Å²) in [4.78, 5) is 44.2. The minimum Gasteiger partial charge on any atom is -0.493 e. The van der Waals surface area contributed by atoms with E-state index in [4.69, 9.17) is 23.7 Å². The van der Waals surface area contributed by atoms with Crippen LogP contribution in [0.25, 0.3) is 23.3 Å². The lowest BCUT2D eigenvalue weighted by atomic mass is 10.0. The largest absolute Gasteiger partial charge is 0.493 e. The Bertz CT molecular complexity index is 1580. The van der Waals surface area contributed by atoms with Gasteiger partial charge in [0.05, 0.1) is 7.11 Å². The van der Waals surface area contributed by atoms with Crippen molar-refractivity contribution in [2.75, 3.05) is 7.11 Å². The number of benzene rings is 3. The molecule has 0 aliphatic carbocycles. The number of methoxy groups -OCH3 is 1. The van der Waals surface area contributed by atoms with Gasteiger partial charge < -0.3 is 18.9 Å². The Morgan fingerprint density at radius 3 is 1.61 bits per heavy atom. The Morgan fingerprint density at radius 1 is 0.682 bits per heavy atom. The highest BCUT2D eigenvalue weighted by Crippen LogP contribution is 2.37. The quantitative estimate of drug-likeness (QED) is 0.0710. The summed E-state index contributed by atoms with van der Waals surface area (Å²) >= 11 is 0. The number of hydrogen-bond acceptors (Lipinski definition) is 8.